The van der Waals surface area contributed by atoms with Crippen LogP contribution in [0, 0.1) is 0 Å². The van der Waals surface area contributed by atoms with E-state index in [0.717, 1.165) is 38.9 Å². The fourth-order valence-corrected chi connectivity index (χ4v) is 2.45. The Morgan fingerprint density at radius 3 is 3.22 bits per heavy atom. The van der Waals surface area contributed by atoms with E-state index >= 15 is 0 Å². The second kappa shape index (κ2) is 6.54. The summed E-state index contributed by atoms with van der Waals surface area (Å²) in [4.78, 5) is 13.7. The molecule has 0 radical (unpaired) electrons. The summed E-state index contributed by atoms with van der Waals surface area (Å²) in [5, 5.41) is 7.12. The Morgan fingerprint density at radius 2 is 2.44 bits per heavy atom. The van der Waals surface area contributed by atoms with Gasteiger partial charge in [0.2, 0.25) is 5.91 Å². The van der Waals surface area contributed by atoms with Crippen LogP contribution in [0.2, 0.25) is 0 Å². The van der Waals surface area contributed by atoms with Crippen LogP contribution in [0.1, 0.15) is 25.7 Å². The standard InChI is InChI=1S/C13H22N4O/c1-16(9-3-11-17-10-2-7-15-17)12-4-5-13(18)14-8-6-12/h2,7,10,12H,3-6,8-9,11H2,1H3,(H,14,18)/t12-/m1/s1. The normalized spacial score (nSPS) is 20.8. The highest BCUT2D eigenvalue weighted by Crippen LogP contribution is 2.12. The minimum Gasteiger partial charge on any atom is -0.356 e. The maximum absolute atomic E-state index is 11.3. The summed E-state index contributed by atoms with van der Waals surface area (Å²) in [7, 11) is 2.16. The quantitative estimate of drug-likeness (QED) is 0.844. The van der Waals surface area contributed by atoms with Gasteiger partial charge in [-0.15, -0.1) is 0 Å². The van der Waals surface area contributed by atoms with Crippen LogP contribution in [0.3, 0.4) is 0 Å². The molecule has 1 saturated heterocycles. The molecule has 1 amide bonds. The van der Waals surface area contributed by atoms with Gasteiger partial charge in [-0.3, -0.25) is 9.48 Å². The lowest BCUT2D eigenvalue weighted by molar-refractivity contribution is -0.120. The third-order valence-electron chi connectivity index (χ3n) is 3.58. The molecular weight excluding hydrogens is 228 g/mol. The maximum Gasteiger partial charge on any atom is 0.220 e. The molecule has 0 bridgehead atoms. The largest absolute Gasteiger partial charge is 0.356 e. The van der Waals surface area contributed by atoms with E-state index in [1.165, 1.54) is 0 Å². The van der Waals surface area contributed by atoms with Crippen molar-refractivity contribution in [2.75, 3.05) is 20.1 Å². The van der Waals surface area contributed by atoms with Crippen LogP contribution < -0.4 is 5.32 Å². The summed E-state index contributed by atoms with van der Waals surface area (Å²) in [5.41, 5.74) is 0. The summed E-state index contributed by atoms with van der Waals surface area (Å²) in [6.07, 6.45) is 7.60. The molecule has 0 spiro atoms. The zero-order valence-electron chi connectivity index (χ0n) is 11.0. The third kappa shape index (κ3) is 3.84. The zero-order chi connectivity index (χ0) is 12.8. The highest BCUT2D eigenvalue weighted by Gasteiger charge is 2.19. The topological polar surface area (TPSA) is 50.2 Å². The van der Waals surface area contributed by atoms with Gasteiger partial charge in [-0.25, -0.2) is 0 Å². The fourth-order valence-electron chi connectivity index (χ4n) is 2.45. The summed E-state index contributed by atoms with van der Waals surface area (Å²) >= 11 is 0. The van der Waals surface area contributed by atoms with Crippen LogP contribution in [-0.4, -0.2) is 46.8 Å². The first-order valence-corrected chi connectivity index (χ1v) is 6.70. The first-order valence-electron chi connectivity index (χ1n) is 6.70. The molecule has 0 aromatic carbocycles. The highest BCUT2D eigenvalue weighted by atomic mass is 16.1. The zero-order valence-corrected chi connectivity index (χ0v) is 11.0. The predicted octanol–water partition coefficient (Wildman–Crippen LogP) is 0.874. The molecule has 18 heavy (non-hydrogen) atoms. The second-order valence-electron chi connectivity index (χ2n) is 4.93. The Kier molecular flexibility index (Phi) is 4.75. The average Bonchev–Trinajstić information content (AvgIpc) is 2.77. The van der Waals surface area contributed by atoms with Crippen molar-refractivity contribution in [3.05, 3.63) is 18.5 Å². The molecular formula is C13H22N4O. The molecule has 0 unspecified atom stereocenters. The van der Waals surface area contributed by atoms with Gasteiger partial charge in [0, 0.05) is 37.9 Å². The van der Waals surface area contributed by atoms with Gasteiger partial charge in [-0.2, -0.15) is 5.10 Å². The van der Waals surface area contributed by atoms with Gasteiger partial charge in [0.15, 0.2) is 0 Å². The van der Waals surface area contributed by atoms with Crippen molar-refractivity contribution in [3.63, 3.8) is 0 Å². The lowest BCUT2D eigenvalue weighted by Crippen LogP contribution is -2.33. The first-order chi connectivity index (χ1) is 8.75. The van der Waals surface area contributed by atoms with Crippen molar-refractivity contribution in [1.82, 2.24) is 20.0 Å². The van der Waals surface area contributed by atoms with Crippen LogP contribution >= 0.6 is 0 Å². The number of aryl methyl sites for hydroxylation is 1. The molecule has 1 aromatic rings. The van der Waals surface area contributed by atoms with Crippen molar-refractivity contribution >= 4 is 5.91 Å². The van der Waals surface area contributed by atoms with Crippen LogP contribution in [-0.2, 0) is 11.3 Å². The molecule has 0 aliphatic carbocycles. The third-order valence-corrected chi connectivity index (χ3v) is 3.58. The van der Waals surface area contributed by atoms with Gasteiger partial charge in [-0.1, -0.05) is 0 Å². The number of rotatable bonds is 5. The molecule has 2 heterocycles. The van der Waals surface area contributed by atoms with Crippen molar-refractivity contribution in [2.45, 2.75) is 38.3 Å². The van der Waals surface area contributed by atoms with Crippen molar-refractivity contribution in [2.24, 2.45) is 0 Å². The van der Waals surface area contributed by atoms with E-state index in [4.69, 9.17) is 0 Å². The van der Waals surface area contributed by atoms with Gasteiger partial charge in [0.1, 0.15) is 0 Å². The SMILES string of the molecule is CN(CCCn1cccn1)[C@H]1CCNC(=O)CC1. The molecule has 2 rings (SSSR count). The minimum absolute atomic E-state index is 0.197. The summed E-state index contributed by atoms with van der Waals surface area (Å²) in [6, 6.07) is 2.48. The molecule has 1 fully saturated rings. The molecule has 1 atom stereocenters. The van der Waals surface area contributed by atoms with E-state index in [0.29, 0.717) is 12.5 Å². The van der Waals surface area contributed by atoms with E-state index in [1.54, 1.807) is 0 Å². The molecule has 0 saturated carbocycles. The van der Waals surface area contributed by atoms with E-state index in [1.807, 2.05) is 23.1 Å². The van der Waals surface area contributed by atoms with Crippen molar-refractivity contribution in [3.8, 4) is 0 Å². The van der Waals surface area contributed by atoms with Crippen LogP contribution in [0.15, 0.2) is 18.5 Å². The number of nitrogens with zero attached hydrogens (tertiary/aromatic N) is 3. The lowest BCUT2D eigenvalue weighted by Gasteiger charge is -2.26. The van der Waals surface area contributed by atoms with Gasteiger partial charge in [0.05, 0.1) is 0 Å². The van der Waals surface area contributed by atoms with Crippen LogP contribution in [0.25, 0.3) is 0 Å². The first kappa shape index (κ1) is 13.1. The average molecular weight is 250 g/mol. The molecule has 100 valence electrons. The number of aromatic nitrogens is 2. The molecule has 1 aromatic heterocycles. The second-order valence-corrected chi connectivity index (χ2v) is 4.93. The number of carbonyl (C=O) groups is 1. The fraction of sp³-hybridized carbons (Fsp3) is 0.692. The van der Waals surface area contributed by atoms with Crippen LogP contribution in [0.5, 0.6) is 0 Å². The Balaban J connectivity index is 1.70. The van der Waals surface area contributed by atoms with Crippen LogP contribution in [0.4, 0.5) is 0 Å². The number of hydrogen-bond donors (Lipinski definition) is 1. The van der Waals surface area contributed by atoms with Gasteiger partial charge < -0.3 is 10.2 Å². The predicted molar refractivity (Wildman–Crippen MR) is 70.1 cm³/mol. The van der Waals surface area contributed by atoms with Gasteiger partial charge in [0.25, 0.3) is 0 Å². The Morgan fingerprint density at radius 1 is 1.56 bits per heavy atom. The van der Waals surface area contributed by atoms with E-state index < -0.39 is 0 Å². The summed E-state index contributed by atoms with van der Waals surface area (Å²) in [6.45, 7) is 2.83. The van der Waals surface area contributed by atoms with E-state index in [9.17, 15) is 4.79 Å². The van der Waals surface area contributed by atoms with E-state index in [2.05, 4.69) is 22.4 Å². The van der Waals surface area contributed by atoms with Gasteiger partial charge in [-0.05, 0) is 38.9 Å². The highest BCUT2D eigenvalue weighted by molar-refractivity contribution is 5.76. The number of hydrogen-bond acceptors (Lipinski definition) is 3. The smallest absolute Gasteiger partial charge is 0.220 e. The van der Waals surface area contributed by atoms with Crippen molar-refractivity contribution < 1.29 is 4.79 Å². The number of carbonyl (C=O) groups excluding carboxylic acids is 1. The molecule has 1 aliphatic rings. The Labute approximate surface area is 108 Å². The number of nitrogens with one attached hydrogen (secondary N) is 1. The molecule has 5 heteroatoms. The van der Waals surface area contributed by atoms with Gasteiger partial charge >= 0.3 is 0 Å². The summed E-state index contributed by atoms with van der Waals surface area (Å²) in [5.74, 6) is 0.197. The summed E-state index contributed by atoms with van der Waals surface area (Å²) < 4.78 is 1.96. The molecule has 1 aliphatic heterocycles. The lowest BCUT2D eigenvalue weighted by atomic mass is 10.1. The maximum atomic E-state index is 11.3. The monoisotopic (exact) mass is 250 g/mol. The Bertz CT molecular complexity index is 363. The number of amides is 1. The van der Waals surface area contributed by atoms with E-state index in [-0.39, 0.29) is 5.91 Å². The minimum atomic E-state index is 0.197. The molecule has 1 N–H and O–H groups in total. The Hall–Kier alpha value is -1.36. The van der Waals surface area contributed by atoms with Crippen molar-refractivity contribution in [1.29, 1.82) is 0 Å². The molecule has 5 nitrogen and oxygen atoms in total.